The van der Waals surface area contributed by atoms with Gasteiger partial charge in [0.25, 0.3) is 0 Å². The molecule has 3 aliphatic rings. The molecule has 3 fully saturated rings. The number of fused-ring (bicyclic) bond motifs is 1. The molecule has 0 amide bonds. The van der Waals surface area contributed by atoms with Gasteiger partial charge in [-0.1, -0.05) is 32.9 Å². The minimum absolute atomic E-state index is 0.425. The first-order valence-electron chi connectivity index (χ1n) is 6.68. The molecule has 0 aromatic carbocycles. The molecule has 3 rings (SSSR count). The molecule has 3 saturated carbocycles. The average molecular weight is 204 g/mol. The van der Waals surface area contributed by atoms with Gasteiger partial charge in [0.1, 0.15) is 0 Å². The molecule has 0 nitrogen and oxygen atoms in total. The fraction of sp³-hybridized carbons (Fsp3) is 0.867. The second-order valence-electron chi connectivity index (χ2n) is 6.95. The Kier molecular flexibility index (Phi) is 1.79. The summed E-state index contributed by atoms with van der Waals surface area (Å²) in [5.74, 6) is 2.75. The van der Waals surface area contributed by atoms with Crippen molar-refractivity contribution in [3.63, 3.8) is 0 Å². The Balaban J connectivity index is 2.07. The number of hydrogen-bond acceptors (Lipinski definition) is 0. The number of allylic oxidation sites excluding steroid dienone is 1. The van der Waals surface area contributed by atoms with Crippen LogP contribution in [-0.2, 0) is 0 Å². The highest BCUT2D eigenvalue weighted by Gasteiger charge is 2.60. The van der Waals surface area contributed by atoms with Crippen LogP contribution >= 0.6 is 0 Å². The maximum Gasteiger partial charge on any atom is -0.0116 e. The van der Waals surface area contributed by atoms with E-state index in [4.69, 9.17) is 0 Å². The Morgan fingerprint density at radius 2 is 1.93 bits per heavy atom. The topological polar surface area (TPSA) is 0 Å². The van der Waals surface area contributed by atoms with Gasteiger partial charge in [-0.05, 0) is 60.7 Å². The molecule has 0 heterocycles. The summed E-state index contributed by atoms with van der Waals surface area (Å²) >= 11 is 0. The standard InChI is InChI=1S/C15H24/c1-10-5-6-13-11(2)14(3,4)12-7-8-15(10,13)9-12/h10,12-13H,2,5-9H2,1,3-4H3/t10-,12+,13+,15-/m0/s1. The summed E-state index contributed by atoms with van der Waals surface area (Å²) in [6.45, 7) is 11.9. The summed E-state index contributed by atoms with van der Waals surface area (Å²) in [4.78, 5) is 0. The average Bonchev–Trinajstić information content (AvgIpc) is 2.72. The van der Waals surface area contributed by atoms with E-state index >= 15 is 0 Å². The molecule has 2 bridgehead atoms. The van der Waals surface area contributed by atoms with Gasteiger partial charge in [0.2, 0.25) is 0 Å². The van der Waals surface area contributed by atoms with Gasteiger partial charge in [0, 0.05) is 0 Å². The van der Waals surface area contributed by atoms with Crippen LogP contribution in [0, 0.1) is 28.6 Å². The van der Waals surface area contributed by atoms with E-state index in [0.717, 1.165) is 17.8 Å². The van der Waals surface area contributed by atoms with Gasteiger partial charge in [0.05, 0.1) is 0 Å². The summed E-state index contributed by atoms with van der Waals surface area (Å²) in [5.41, 5.74) is 2.71. The molecule has 0 radical (unpaired) electrons. The lowest BCUT2D eigenvalue weighted by molar-refractivity contribution is 0.0881. The maximum atomic E-state index is 4.48. The number of rotatable bonds is 0. The molecular weight excluding hydrogens is 180 g/mol. The monoisotopic (exact) mass is 204 g/mol. The zero-order chi connectivity index (χ0) is 10.8. The predicted octanol–water partition coefficient (Wildman–Crippen LogP) is 4.42. The highest BCUT2D eigenvalue weighted by atomic mass is 14.6. The molecule has 3 aliphatic carbocycles. The molecule has 0 aromatic heterocycles. The molecule has 0 aliphatic heterocycles. The van der Waals surface area contributed by atoms with E-state index < -0.39 is 0 Å². The summed E-state index contributed by atoms with van der Waals surface area (Å²) in [5, 5.41) is 0. The largest absolute Gasteiger partial charge is 0.0990 e. The molecule has 0 N–H and O–H groups in total. The van der Waals surface area contributed by atoms with Crippen LogP contribution in [0.3, 0.4) is 0 Å². The second kappa shape index (κ2) is 2.70. The van der Waals surface area contributed by atoms with Crippen LogP contribution in [0.25, 0.3) is 0 Å². The van der Waals surface area contributed by atoms with Gasteiger partial charge >= 0.3 is 0 Å². The summed E-state index contributed by atoms with van der Waals surface area (Å²) in [7, 11) is 0. The van der Waals surface area contributed by atoms with E-state index in [9.17, 15) is 0 Å². The smallest absolute Gasteiger partial charge is 0.0116 e. The van der Waals surface area contributed by atoms with E-state index in [2.05, 4.69) is 27.4 Å². The Hall–Kier alpha value is -0.260. The molecule has 0 saturated heterocycles. The molecule has 4 atom stereocenters. The van der Waals surface area contributed by atoms with E-state index in [0.29, 0.717) is 10.8 Å². The molecular formula is C15H24. The van der Waals surface area contributed by atoms with Crippen molar-refractivity contribution in [2.24, 2.45) is 28.6 Å². The van der Waals surface area contributed by atoms with Crippen LogP contribution in [-0.4, -0.2) is 0 Å². The highest BCUT2D eigenvalue weighted by Crippen LogP contribution is 2.69. The van der Waals surface area contributed by atoms with Gasteiger partial charge in [-0.3, -0.25) is 0 Å². The lowest BCUT2D eigenvalue weighted by Gasteiger charge is -2.48. The van der Waals surface area contributed by atoms with E-state index in [-0.39, 0.29) is 0 Å². The first-order valence-corrected chi connectivity index (χ1v) is 6.68. The van der Waals surface area contributed by atoms with Crippen LogP contribution in [0.15, 0.2) is 12.2 Å². The van der Waals surface area contributed by atoms with Gasteiger partial charge < -0.3 is 0 Å². The Morgan fingerprint density at radius 1 is 1.20 bits per heavy atom. The van der Waals surface area contributed by atoms with Crippen molar-refractivity contribution in [3.8, 4) is 0 Å². The minimum atomic E-state index is 0.425. The molecule has 0 aromatic rings. The lowest BCUT2D eigenvalue weighted by Crippen LogP contribution is -2.40. The highest BCUT2D eigenvalue weighted by molar-refractivity contribution is 5.26. The quantitative estimate of drug-likeness (QED) is 0.513. The van der Waals surface area contributed by atoms with E-state index in [1.165, 1.54) is 32.1 Å². The third-order valence-corrected chi connectivity index (χ3v) is 6.42. The van der Waals surface area contributed by atoms with Crippen molar-refractivity contribution < 1.29 is 0 Å². The molecule has 15 heavy (non-hydrogen) atoms. The molecule has 0 unspecified atom stereocenters. The van der Waals surface area contributed by atoms with Crippen molar-refractivity contribution >= 4 is 0 Å². The summed E-state index contributed by atoms with van der Waals surface area (Å²) in [6.07, 6.45) is 7.34. The van der Waals surface area contributed by atoms with Crippen LogP contribution in [0.2, 0.25) is 0 Å². The van der Waals surface area contributed by atoms with Crippen molar-refractivity contribution in [2.45, 2.75) is 52.9 Å². The fourth-order valence-corrected chi connectivity index (χ4v) is 5.05. The SMILES string of the molecule is C=C1[C@H]2CC[C@H](C)[C@@]23CC[C@H](C3)C1(C)C. The van der Waals surface area contributed by atoms with E-state index in [1.54, 1.807) is 5.57 Å². The van der Waals surface area contributed by atoms with Crippen LogP contribution in [0.4, 0.5) is 0 Å². The lowest BCUT2D eigenvalue weighted by atomic mass is 9.56. The second-order valence-corrected chi connectivity index (χ2v) is 6.95. The Bertz CT molecular complexity index is 312. The first-order chi connectivity index (χ1) is 6.98. The maximum absolute atomic E-state index is 4.48. The first kappa shape index (κ1) is 9.93. The third-order valence-electron chi connectivity index (χ3n) is 6.42. The minimum Gasteiger partial charge on any atom is -0.0990 e. The normalized spacial score (nSPS) is 51.9. The van der Waals surface area contributed by atoms with Crippen molar-refractivity contribution in [1.82, 2.24) is 0 Å². The van der Waals surface area contributed by atoms with E-state index in [1.807, 2.05) is 0 Å². The summed E-state index contributed by atoms with van der Waals surface area (Å²) < 4.78 is 0. The van der Waals surface area contributed by atoms with Gasteiger partial charge in [-0.25, -0.2) is 0 Å². The fourth-order valence-electron chi connectivity index (χ4n) is 5.05. The van der Waals surface area contributed by atoms with Gasteiger partial charge in [-0.2, -0.15) is 0 Å². The van der Waals surface area contributed by atoms with Gasteiger partial charge in [-0.15, -0.1) is 0 Å². The molecule has 1 spiro atoms. The number of hydrogen-bond donors (Lipinski definition) is 0. The van der Waals surface area contributed by atoms with Gasteiger partial charge in [0.15, 0.2) is 0 Å². The van der Waals surface area contributed by atoms with Crippen LogP contribution in [0.1, 0.15) is 52.9 Å². The van der Waals surface area contributed by atoms with Crippen molar-refractivity contribution in [3.05, 3.63) is 12.2 Å². The predicted molar refractivity (Wildman–Crippen MR) is 64.6 cm³/mol. The van der Waals surface area contributed by atoms with Crippen molar-refractivity contribution in [2.75, 3.05) is 0 Å². The zero-order valence-corrected chi connectivity index (χ0v) is 10.5. The zero-order valence-electron chi connectivity index (χ0n) is 10.5. The molecule has 0 heteroatoms. The third kappa shape index (κ3) is 0.990. The van der Waals surface area contributed by atoms with Crippen LogP contribution < -0.4 is 0 Å². The Labute approximate surface area is 94.1 Å². The molecule has 84 valence electrons. The van der Waals surface area contributed by atoms with Crippen molar-refractivity contribution in [1.29, 1.82) is 0 Å². The summed E-state index contributed by atoms with van der Waals surface area (Å²) in [6, 6.07) is 0. The Morgan fingerprint density at radius 3 is 2.67 bits per heavy atom. The van der Waals surface area contributed by atoms with Crippen LogP contribution in [0.5, 0.6) is 0 Å².